The molecule has 2 rings (SSSR count). The second kappa shape index (κ2) is 14.8. The number of anilines is 1. The van der Waals surface area contributed by atoms with Gasteiger partial charge in [0.25, 0.3) is 5.91 Å². The number of hydrogen-bond donors (Lipinski definition) is 2. The first-order valence-corrected chi connectivity index (χ1v) is 10.8. The van der Waals surface area contributed by atoms with E-state index < -0.39 is 0 Å². The van der Waals surface area contributed by atoms with Crippen molar-refractivity contribution in [1.29, 1.82) is 0 Å². The van der Waals surface area contributed by atoms with Gasteiger partial charge in [-0.15, -0.1) is 12.4 Å². The van der Waals surface area contributed by atoms with Crippen LogP contribution in [0.5, 0.6) is 17.2 Å². The molecule has 0 unspecified atom stereocenters. The summed E-state index contributed by atoms with van der Waals surface area (Å²) in [5.74, 6) is 1.05. The number of hydrogen-bond acceptors (Lipinski definition) is 6. The van der Waals surface area contributed by atoms with Crippen LogP contribution in [-0.4, -0.2) is 64.2 Å². The predicted molar refractivity (Wildman–Crippen MR) is 138 cm³/mol. The minimum atomic E-state index is -0.305. The summed E-state index contributed by atoms with van der Waals surface area (Å²) in [6, 6.07) is 10.3. The van der Waals surface area contributed by atoms with Crippen molar-refractivity contribution in [2.45, 2.75) is 13.8 Å². The molecule has 0 heterocycles. The van der Waals surface area contributed by atoms with E-state index in [0.29, 0.717) is 35.0 Å². The molecule has 0 aliphatic carbocycles. The van der Waals surface area contributed by atoms with Crippen molar-refractivity contribution in [1.82, 2.24) is 10.2 Å². The summed E-state index contributed by atoms with van der Waals surface area (Å²) in [5, 5.41) is 5.70. The maximum absolute atomic E-state index is 12.3. The second-order valence-electron chi connectivity index (χ2n) is 7.14. The van der Waals surface area contributed by atoms with Gasteiger partial charge in [-0.1, -0.05) is 13.8 Å². The first-order chi connectivity index (χ1) is 15.9. The SMILES string of the molecule is CCN(CC)CCNC(=O)c1ccc(NC(=O)/C=C/c2cc(OC)c(OC)c(OC)c2)cc1.Cl. The Bertz CT molecular complexity index is 935. The van der Waals surface area contributed by atoms with Gasteiger partial charge in [-0.25, -0.2) is 0 Å². The van der Waals surface area contributed by atoms with Crippen LogP contribution in [0.4, 0.5) is 5.69 Å². The van der Waals surface area contributed by atoms with Gasteiger partial charge in [-0.2, -0.15) is 0 Å². The Morgan fingerprint density at radius 3 is 2.03 bits per heavy atom. The average molecular weight is 492 g/mol. The number of halogens is 1. The third kappa shape index (κ3) is 8.28. The Kier molecular flexibility index (Phi) is 12.6. The van der Waals surface area contributed by atoms with Crippen LogP contribution in [0.1, 0.15) is 29.8 Å². The summed E-state index contributed by atoms with van der Waals surface area (Å²) < 4.78 is 16.0. The number of methoxy groups -OCH3 is 3. The summed E-state index contributed by atoms with van der Waals surface area (Å²) in [6.45, 7) is 7.50. The van der Waals surface area contributed by atoms with Crippen LogP contribution in [0.2, 0.25) is 0 Å². The molecular weight excluding hydrogens is 458 g/mol. The van der Waals surface area contributed by atoms with Gasteiger partial charge in [-0.3, -0.25) is 9.59 Å². The Morgan fingerprint density at radius 2 is 1.53 bits per heavy atom. The fourth-order valence-electron chi connectivity index (χ4n) is 3.23. The van der Waals surface area contributed by atoms with E-state index in [-0.39, 0.29) is 24.2 Å². The molecule has 186 valence electrons. The molecule has 0 aromatic heterocycles. The quantitative estimate of drug-likeness (QED) is 0.438. The summed E-state index contributed by atoms with van der Waals surface area (Å²) >= 11 is 0. The molecule has 34 heavy (non-hydrogen) atoms. The maximum atomic E-state index is 12.3. The predicted octanol–water partition coefficient (Wildman–Crippen LogP) is 3.86. The van der Waals surface area contributed by atoms with Crippen molar-refractivity contribution >= 4 is 36.0 Å². The van der Waals surface area contributed by atoms with Gasteiger partial charge in [0.05, 0.1) is 21.3 Å². The molecule has 0 aliphatic heterocycles. The lowest BCUT2D eigenvalue weighted by Crippen LogP contribution is -2.34. The van der Waals surface area contributed by atoms with E-state index in [4.69, 9.17) is 14.2 Å². The normalized spacial score (nSPS) is 10.5. The number of amides is 2. The smallest absolute Gasteiger partial charge is 0.251 e. The fourth-order valence-corrected chi connectivity index (χ4v) is 3.23. The highest BCUT2D eigenvalue weighted by atomic mass is 35.5. The molecule has 0 saturated heterocycles. The molecule has 2 aromatic rings. The van der Waals surface area contributed by atoms with Crippen molar-refractivity contribution in [2.75, 3.05) is 52.8 Å². The molecule has 2 N–H and O–H groups in total. The minimum absolute atomic E-state index is 0. The largest absolute Gasteiger partial charge is 0.493 e. The van der Waals surface area contributed by atoms with E-state index >= 15 is 0 Å². The van der Waals surface area contributed by atoms with Gasteiger partial charge in [0, 0.05) is 30.4 Å². The Labute approximate surface area is 207 Å². The van der Waals surface area contributed by atoms with Crippen molar-refractivity contribution < 1.29 is 23.8 Å². The molecule has 0 bridgehead atoms. The van der Waals surface area contributed by atoms with Crippen LogP contribution >= 0.6 is 12.4 Å². The van der Waals surface area contributed by atoms with Gasteiger partial charge in [0.2, 0.25) is 11.7 Å². The second-order valence-corrected chi connectivity index (χ2v) is 7.14. The molecule has 0 fully saturated rings. The van der Waals surface area contributed by atoms with Crippen molar-refractivity contribution in [3.63, 3.8) is 0 Å². The average Bonchev–Trinajstić information content (AvgIpc) is 2.84. The molecule has 0 aliphatic rings. The molecule has 0 spiro atoms. The molecule has 0 atom stereocenters. The summed E-state index contributed by atoms with van der Waals surface area (Å²) in [6.07, 6.45) is 3.06. The molecule has 2 aromatic carbocycles. The number of likely N-dealkylation sites (N-methyl/N-ethyl adjacent to an activating group) is 1. The number of rotatable bonds is 12. The number of carbonyl (C=O) groups excluding carboxylic acids is 2. The third-order valence-corrected chi connectivity index (χ3v) is 5.14. The minimum Gasteiger partial charge on any atom is -0.493 e. The molecule has 0 saturated carbocycles. The van der Waals surface area contributed by atoms with Crippen molar-refractivity contribution in [2.24, 2.45) is 0 Å². The lowest BCUT2D eigenvalue weighted by Gasteiger charge is -2.17. The van der Waals surface area contributed by atoms with E-state index in [1.54, 1.807) is 42.5 Å². The van der Waals surface area contributed by atoms with Crippen LogP contribution in [0.3, 0.4) is 0 Å². The maximum Gasteiger partial charge on any atom is 0.251 e. The van der Waals surface area contributed by atoms with E-state index in [2.05, 4.69) is 29.4 Å². The third-order valence-electron chi connectivity index (χ3n) is 5.14. The van der Waals surface area contributed by atoms with Crippen LogP contribution < -0.4 is 24.8 Å². The van der Waals surface area contributed by atoms with E-state index in [9.17, 15) is 9.59 Å². The molecule has 2 amide bonds. The van der Waals surface area contributed by atoms with Gasteiger partial charge in [0.1, 0.15) is 0 Å². The number of benzene rings is 2. The highest BCUT2D eigenvalue weighted by Gasteiger charge is 2.12. The monoisotopic (exact) mass is 491 g/mol. The van der Waals surface area contributed by atoms with Crippen LogP contribution in [0.25, 0.3) is 6.08 Å². The Balaban J connectivity index is 0.00000578. The highest BCUT2D eigenvalue weighted by Crippen LogP contribution is 2.38. The standard InChI is InChI=1S/C25H33N3O5.ClH/c1-6-28(7-2)15-14-26-25(30)19-9-11-20(12-10-19)27-23(29)13-8-18-16-21(31-3)24(33-5)22(17-18)32-4;/h8-13,16-17H,6-7,14-15H2,1-5H3,(H,26,30)(H,27,29);1H/b13-8+;. The van der Waals surface area contributed by atoms with Crippen LogP contribution in [0.15, 0.2) is 42.5 Å². The molecular formula is C25H34ClN3O5. The van der Waals surface area contributed by atoms with Gasteiger partial charge in [0.15, 0.2) is 11.5 Å². The summed E-state index contributed by atoms with van der Waals surface area (Å²) in [5.41, 5.74) is 1.85. The topological polar surface area (TPSA) is 89.1 Å². The number of ether oxygens (including phenoxy) is 3. The Morgan fingerprint density at radius 1 is 0.941 bits per heavy atom. The summed E-state index contributed by atoms with van der Waals surface area (Å²) in [4.78, 5) is 26.9. The van der Waals surface area contributed by atoms with Gasteiger partial charge < -0.3 is 29.7 Å². The number of carbonyl (C=O) groups is 2. The zero-order chi connectivity index (χ0) is 24.2. The zero-order valence-corrected chi connectivity index (χ0v) is 21.2. The lowest BCUT2D eigenvalue weighted by atomic mass is 10.1. The highest BCUT2D eigenvalue weighted by molar-refractivity contribution is 6.02. The molecule has 0 radical (unpaired) electrons. The van der Waals surface area contributed by atoms with Crippen molar-refractivity contribution in [3.8, 4) is 17.2 Å². The van der Waals surface area contributed by atoms with Crippen LogP contribution in [-0.2, 0) is 4.79 Å². The van der Waals surface area contributed by atoms with Gasteiger partial charge >= 0.3 is 0 Å². The van der Waals surface area contributed by atoms with Crippen LogP contribution in [0, 0.1) is 0 Å². The lowest BCUT2D eigenvalue weighted by molar-refractivity contribution is -0.111. The zero-order valence-electron chi connectivity index (χ0n) is 20.3. The first-order valence-electron chi connectivity index (χ1n) is 10.8. The number of nitrogens with zero attached hydrogens (tertiary/aromatic N) is 1. The number of nitrogens with one attached hydrogen (secondary N) is 2. The fraction of sp³-hybridized carbons (Fsp3) is 0.360. The van der Waals surface area contributed by atoms with E-state index in [1.807, 2.05) is 0 Å². The van der Waals surface area contributed by atoms with E-state index in [1.165, 1.54) is 27.4 Å². The van der Waals surface area contributed by atoms with Crippen molar-refractivity contribution in [3.05, 3.63) is 53.6 Å². The van der Waals surface area contributed by atoms with Gasteiger partial charge in [-0.05, 0) is 61.1 Å². The molecule has 8 nitrogen and oxygen atoms in total. The Hall–Kier alpha value is -3.23. The summed E-state index contributed by atoms with van der Waals surface area (Å²) in [7, 11) is 4.60. The van der Waals surface area contributed by atoms with E-state index in [0.717, 1.165) is 25.2 Å². The molecule has 9 heteroatoms. The first kappa shape index (κ1) is 28.8.